The van der Waals surface area contributed by atoms with Gasteiger partial charge in [0.2, 0.25) is 0 Å². The monoisotopic (exact) mass is 466 g/mol. The largest absolute Gasteiger partial charge is 0.491 e. The predicted octanol–water partition coefficient (Wildman–Crippen LogP) is 4.22. The minimum Gasteiger partial charge on any atom is -0.491 e. The van der Waals surface area contributed by atoms with Crippen molar-refractivity contribution in [2.75, 3.05) is 13.2 Å². The van der Waals surface area contributed by atoms with Crippen LogP contribution >= 0.6 is 11.3 Å². The Kier molecular flexibility index (Phi) is 7.70. The number of aliphatic hydroxyl groups is 1. The number of rotatable bonds is 9. The van der Waals surface area contributed by atoms with Crippen LogP contribution in [0.3, 0.4) is 0 Å². The Morgan fingerprint density at radius 2 is 1.72 bits per heavy atom. The number of hydrogen-bond acceptors (Lipinski definition) is 6. The average molecular weight is 466 g/mol. The Labute approximate surface area is 186 Å². The maximum absolute atomic E-state index is 12.6. The van der Waals surface area contributed by atoms with E-state index in [9.17, 15) is 23.1 Å². The molecule has 0 saturated carbocycles. The molecule has 0 saturated heterocycles. The molecule has 0 aliphatic rings. The number of nitrogens with zero attached hydrogens (tertiary/aromatic N) is 1. The molecule has 2 aromatic carbocycles. The normalized spacial score (nSPS) is 12.3. The van der Waals surface area contributed by atoms with E-state index in [0.717, 1.165) is 22.8 Å². The first-order valence-corrected chi connectivity index (χ1v) is 10.5. The van der Waals surface area contributed by atoms with Gasteiger partial charge in [0.25, 0.3) is 5.91 Å². The highest BCUT2D eigenvalue weighted by atomic mass is 32.1. The molecule has 1 amide bonds. The van der Waals surface area contributed by atoms with E-state index in [1.165, 1.54) is 12.1 Å². The average Bonchev–Trinajstić information content (AvgIpc) is 3.19. The second-order valence-electron chi connectivity index (χ2n) is 6.87. The number of carbonyl (C=O) groups excluding carboxylic acids is 1. The summed E-state index contributed by atoms with van der Waals surface area (Å²) in [4.78, 5) is 16.5. The summed E-state index contributed by atoms with van der Waals surface area (Å²) in [7, 11) is 0. The standard InChI is InChI=1S/C22H21F3N2O4S/c1-14-27-17(13-32-14)11-30-19-6-2-15(3-7-19)21(29)26-10-18(28)12-31-20-8-4-16(5-9-20)22(23,24)25/h2-9,13,18,28H,10-12H2,1H3,(H,26,29). The number of carbonyl (C=O) groups is 1. The van der Waals surface area contributed by atoms with Crippen LogP contribution in [0.1, 0.15) is 26.6 Å². The third-order valence-corrected chi connectivity index (χ3v) is 5.11. The highest BCUT2D eigenvalue weighted by Gasteiger charge is 2.30. The Bertz CT molecular complexity index is 1020. The van der Waals surface area contributed by atoms with Crippen LogP contribution in [0.2, 0.25) is 0 Å². The topological polar surface area (TPSA) is 80.7 Å². The number of aromatic nitrogens is 1. The van der Waals surface area contributed by atoms with Gasteiger partial charge in [-0.2, -0.15) is 13.2 Å². The van der Waals surface area contributed by atoms with Gasteiger partial charge >= 0.3 is 6.18 Å². The maximum atomic E-state index is 12.6. The van der Waals surface area contributed by atoms with Gasteiger partial charge in [0, 0.05) is 17.5 Å². The van der Waals surface area contributed by atoms with Crippen molar-refractivity contribution in [3.8, 4) is 11.5 Å². The second kappa shape index (κ2) is 10.5. The number of thiazole rings is 1. The summed E-state index contributed by atoms with van der Waals surface area (Å²) in [5.41, 5.74) is 0.437. The molecule has 0 fully saturated rings. The highest BCUT2D eigenvalue weighted by molar-refractivity contribution is 7.09. The van der Waals surface area contributed by atoms with Crippen molar-refractivity contribution < 1.29 is 32.5 Å². The van der Waals surface area contributed by atoms with Crippen LogP contribution in [0, 0.1) is 6.92 Å². The number of hydrogen-bond donors (Lipinski definition) is 2. The predicted molar refractivity (Wildman–Crippen MR) is 113 cm³/mol. The fourth-order valence-electron chi connectivity index (χ4n) is 2.64. The van der Waals surface area contributed by atoms with Crippen LogP contribution < -0.4 is 14.8 Å². The lowest BCUT2D eigenvalue weighted by molar-refractivity contribution is -0.137. The van der Waals surface area contributed by atoms with Crippen LogP contribution in [0.5, 0.6) is 11.5 Å². The van der Waals surface area contributed by atoms with Crippen molar-refractivity contribution in [2.24, 2.45) is 0 Å². The minimum absolute atomic E-state index is 0.0824. The lowest BCUT2D eigenvalue weighted by atomic mass is 10.2. The Morgan fingerprint density at radius 1 is 1.09 bits per heavy atom. The molecule has 1 heterocycles. The Morgan fingerprint density at radius 3 is 2.31 bits per heavy atom. The number of aliphatic hydroxyl groups excluding tert-OH is 1. The van der Waals surface area contributed by atoms with Gasteiger partial charge in [-0.25, -0.2) is 4.98 Å². The number of aryl methyl sites for hydroxylation is 1. The Balaban J connectivity index is 1.40. The molecule has 3 rings (SSSR count). The van der Waals surface area contributed by atoms with Crippen molar-refractivity contribution in [2.45, 2.75) is 25.8 Å². The molecule has 1 unspecified atom stereocenters. The van der Waals surface area contributed by atoms with Gasteiger partial charge in [0.1, 0.15) is 30.8 Å². The summed E-state index contributed by atoms with van der Waals surface area (Å²) < 4.78 is 48.6. The van der Waals surface area contributed by atoms with Gasteiger partial charge in [-0.1, -0.05) is 0 Å². The molecular weight excluding hydrogens is 445 g/mol. The van der Waals surface area contributed by atoms with Crippen LogP contribution in [0.25, 0.3) is 0 Å². The number of ether oxygens (including phenoxy) is 2. The molecule has 0 radical (unpaired) electrons. The molecule has 1 atom stereocenters. The molecule has 2 N–H and O–H groups in total. The van der Waals surface area contributed by atoms with Gasteiger partial charge in [-0.05, 0) is 55.5 Å². The number of amides is 1. The van der Waals surface area contributed by atoms with Crippen LogP contribution in [-0.2, 0) is 12.8 Å². The number of halogens is 3. The summed E-state index contributed by atoms with van der Waals surface area (Å²) in [5.74, 6) is 0.393. The quantitative estimate of drug-likeness (QED) is 0.494. The third-order valence-electron chi connectivity index (χ3n) is 4.29. The van der Waals surface area contributed by atoms with Gasteiger partial charge in [0.15, 0.2) is 0 Å². The summed E-state index contributed by atoms with van der Waals surface area (Å²) in [5, 5.41) is 15.4. The van der Waals surface area contributed by atoms with Crippen molar-refractivity contribution in [1.29, 1.82) is 0 Å². The molecule has 0 spiro atoms. The van der Waals surface area contributed by atoms with E-state index in [2.05, 4.69) is 10.3 Å². The van der Waals surface area contributed by atoms with Gasteiger partial charge in [-0.15, -0.1) is 11.3 Å². The molecular formula is C22H21F3N2O4S. The molecule has 0 bridgehead atoms. The van der Waals surface area contributed by atoms with E-state index in [1.54, 1.807) is 35.6 Å². The molecule has 10 heteroatoms. The second-order valence-corrected chi connectivity index (χ2v) is 7.93. The van der Waals surface area contributed by atoms with Crippen molar-refractivity contribution in [3.05, 3.63) is 75.7 Å². The third kappa shape index (κ3) is 6.96. The summed E-state index contributed by atoms with van der Waals surface area (Å²) in [6.07, 6.45) is -5.46. The number of nitrogens with one attached hydrogen (secondary N) is 1. The van der Waals surface area contributed by atoms with E-state index >= 15 is 0 Å². The van der Waals surface area contributed by atoms with E-state index < -0.39 is 17.8 Å². The lowest BCUT2D eigenvalue weighted by Crippen LogP contribution is -2.35. The van der Waals surface area contributed by atoms with E-state index in [-0.39, 0.29) is 24.8 Å². The van der Waals surface area contributed by atoms with Crippen molar-refractivity contribution in [1.82, 2.24) is 10.3 Å². The molecule has 1 aromatic heterocycles. The maximum Gasteiger partial charge on any atom is 0.416 e. The first kappa shape index (κ1) is 23.6. The first-order valence-electron chi connectivity index (χ1n) is 9.61. The Hall–Kier alpha value is -3.11. The number of benzene rings is 2. The fraction of sp³-hybridized carbons (Fsp3) is 0.273. The van der Waals surface area contributed by atoms with Gasteiger partial charge < -0.3 is 19.9 Å². The van der Waals surface area contributed by atoms with Crippen LogP contribution in [0.15, 0.2) is 53.9 Å². The molecule has 0 aliphatic carbocycles. The zero-order valence-electron chi connectivity index (χ0n) is 17.1. The number of alkyl halides is 3. The molecule has 3 aromatic rings. The van der Waals surface area contributed by atoms with Crippen molar-refractivity contribution in [3.63, 3.8) is 0 Å². The molecule has 170 valence electrons. The molecule has 32 heavy (non-hydrogen) atoms. The SMILES string of the molecule is Cc1nc(COc2ccc(C(=O)NCC(O)COc3ccc(C(F)(F)F)cc3)cc2)cs1. The zero-order chi connectivity index (χ0) is 23.1. The smallest absolute Gasteiger partial charge is 0.416 e. The fourth-order valence-corrected chi connectivity index (χ4v) is 3.24. The first-order chi connectivity index (χ1) is 15.2. The zero-order valence-corrected chi connectivity index (χ0v) is 17.9. The lowest BCUT2D eigenvalue weighted by Gasteiger charge is -2.14. The summed E-state index contributed by atoms with van der Waals surface area (Å²) in [6.45, 7) is 1.98. The van der Waals surface area contributed by atoms with Crippen LogP contribution in [0.4, 0.5) is 13.2 Å². The molecule has 6 nitrogen and oxygen atoms in total. The van der Waals surface area contributed by atoms with E-state index in [1.807, 2.05) is 12.3 Å². The van der Waals surface area contributed by atoms with Gasteiger partial charge in [0.05, 0.1) is 16.3 Å². The minimum atomic E-state index is -4.42. The summed E-state index contributed by atoms with van der Waals surface area (Å²) in [6, 6.07) is 10.7. The highest BCUT2D eigenvalue weighted by Crippen LogP contribution is 2.30. The van der Waals surface area contributed by atoms with Crippen molar-refractivity contribution >= 4 is 17.2 Å². The summed E-state index contributed by atoms with van der Waals surface area (Å²) >= 11 is 1.54. The van der Waals surface area contributed by atoms with E-state index in [0.29, 0.717) is 17.9 Å². The van der Waals surface area contributed by atoms with E-state index in [4.69, 9.17) is 9.47 Å². The van der Waals surface area contributed by atoms with Crippen LogP contribution in [-0.4, -0.2) is 35.3 Å². The van der Waals surface area contributed by atoms with Gasteiger partial charge in [-0.3, -0.25) is 4.79 Å². The molecule has 0 aliphatic heterocycles.